The predicted molar refractivity (Wildman–Crippen MR) is 422 cm³/mol. The molecule has 3 aliphatic rings. The van der Waals surface area contributed by atoms with Crippen LogP contribution in [0.3, 0.4) is 0 Å². The minimum atomic E-state index is -0.391. The van der Waals surface area contributed by atoms with Crippen LogP contribution in [0.1, 0.15) is 343 Å². The summed E-state index contributed by atoms with van der Waals surface area (Å²) in [6.45, 7) is 72.1. The Hall–Kier alpha value is -1.55. The van der Waals surface area contributed by atoms with Gasteiger partial charge < -0.3 is 47.6 Å². The molecule has 0 spiro atoms. The largest absolute Gasteiger partial charge is 0.352 e. The third-order valence-corrected chi connectivity index (χ3v) is 23.6. The first-order chi connectivity index (χ1) is 47.2. The maximum Gasteiger partial charge on any atom is 0.222 e. The molecule has 3 saturated heterocycles. The monoisotopic (exact) mass is 1420 g/mol. The summed E-state index contributed by atoms with van der Waals surface area (Å²) < 4.78 is 48.8. The van der Waals surface area contributed by atoms with E-state index in [2.05, 4.69) is 206 Å². The Morgan fingerprint density at radius 2 is 0.750 bits per heavy atom. The molecule has 0 bridgehead atoms. The van der Waals surface area contributed by atoms with E-state index in [0.29, 0.717) is 142 Å². The van der Waals surface area contributed by atoms with Crippen LogP contribution >= 0.6 is 0 Å². The van der Waals surface area contributed by atoms with Crippen LogP contribution < -0.4 is 0 Å². The van der Waals surface area contributed by atoms with Gasteiger partial charge >= 0.3 is 0 Å². The van der Waals surface area contributed by atoms with Gasteiger partial charge in [-0.1, -0.05) is 199 Å². The van der Waals surface area contributed by atoms with Crippen molar-refractivity contribution in [3.63, 3.8) is 0 Å². The van der Waals surface area contributed by atoms with Gasteiger partial charge in [-0.2, -0.15) is 0 Å². The zero-order chi connectivity index (χ0) is 76.4. The zero-order valence-corrected chi connectivity index (χ0v) is 71.7. The van der Waals surface area contributed by atoms with Crippen LogP contribution in [0.5, 0.6) is 0 Å². The summed E-state index contributed by atoms with van der Waals surface area (Å²) in [6.07, 6.45) is 21.0. The van der Waals surface area contributed by atoms with E-state index < -0.39 is 6.41 Å². The second kappa shape index (κ2) is 55.8. The zero-order valence-electron chi connectivity index (χ0n) is 71.7. The number of Topliss-reactive ketones (excluding diaryl/α,β-unsaturated/α-hetero) is 2. The first kappa shape index (κ1) is 98.5. The molecule has 3 fully saturated rings. The van der Waals surface area contributed by atoms with E-state index in [-0.39, 0.29) is 42.6 Å². The van der Waals surface area contributed by atoms with Crippen molar-refractivity contribution in [1.29, 1.82) is 0 Å². The Kier molecular flexibility index (Phi) is 54.9. The van der Waals surface area contributed by atoms with Crippen LogP contribution in [0.4, 0.5) is 0 Å². The summed E-state index contributed by atoms with van der Waals surface area (Å²) >= 11 is 0. The predicted octanol–water partition coefficient (Wildman–Crippen LogP) is 22.8. The standard InChI is InChI=1S/C30H60N2O5.C22H42O3.C19H40.C16H30O3/c1-11-17-31(18-21-36-30(35-19-12-2)32(22(4)5)23(6)7)28(33)16-14-15-20-34-29-26(10)24(8)25(9)27(13-3)37-29;1-7-12-19(13-8-2)20(23)14-10-11-15-24-22-18(6)16(4)17(5)21(9-3)25-22;1-10-11-12-17(18(13(2)3)14(4)5)19(15(6)7)16(8)9;1-6-15-13(4)12(3)14(5)16(19-15)18-10-8-7-9-11(2)17/h22-27,29-30H,11-21H2,1-10H3;16-19,21-22H,7-15H2,1-6H3;13-19H,10-12H2,1-9H3;12-16H,6-10H2,1-5H3. The second-order valence-electron chi connectivity index (χ2n) is 33.5. The van der Waals surface area contributed by atoms with Crippen molar-refractivity contribution < 1.29 is 52.3 Å². The lowest BCUT2D eigenvalue weighted by Crippen LogP contribution is -2.48. The number of amides is 1. The molecule has 3 aliphatic heterocycles. The topological polar surface area (TPSA) is 132 Å². The van der Waals surface area contributed by atoms with E-state index in [1.807, 2.05) is 4.90 Å². The van der Waals surface area contributed by atoms with Crippen LogP contribution in [0.15, 0.2) is 0 Å². The molecule has 0 saturated carbocycles. The Morgan fingerprint density at radius 1 is 0.380 bits per heavy atom. The molecule has 1 amide bonds. The maximum atomic E-state index is 13.0. The number of hydrogen-bond donors (Lipinski definition) is 0. The normalized spacial score (nSPS) is 26.1. The fraction of sp³-hybridized carbons (Fsp3) is 0.966. The van der Waals surface area contributed by atoms with Crippen molar-refractivity contribution in [3.05, 3.63) is 0 Å². The van der Waals surface area contributed by atoms with Gasteiger partial charge in [-0.3, -0.25) is 14.5 Å². The van der Waals surface area contributed by atoms with E-state index in [1.165, 1.54) is 19.3 Å². The molecule has 13 nitrogen and oxygen atoms in total. The molecular formula is C87H172N2O11. The van der Waals surface area contributed by atoms with Gasteiger partial charge in [0.15, 0.2) is 18.9 Å². The molecule has 16 unspecified atom stereocenters. The third kappa shape index (κ3) is 36.4. The molecule has 13 heteroatoms. The van der Waals surface area contributed by atoms with E-state index in [9.17, 15) is 14.4 Å². The minimum absolute atomic E-state index is 0.0755. The molecular weight excluding hydrogens is 1250 g/mol. The molecule has 0 radical (unpaired) electrons. The smallest absolute Gasteiger partial charge is 0.222 e. The van der Waals surface area contributed by atoms with Crippen LogP contribution in [-0.2, 0) is 52.3 Å². The Balaban J connectivity index is 0.00000136. The Morgan fingerprint density at radius 3 is 1.07 bits per heavy atom. The van der Waals surface area contributed by atoms with E-state index in [0.717, 1.165) is 144 Å². The molecule has 0 aliphatic carbocycles. The van der Waals surface area contributed by atoms with Gasteiger partial charge in [-0.15, -0.1) is 0 Å². The molecule has 0 aromatic rings. The fourth-order valence-corrected chi connectivity index (χ4v) is 16.8. The van der Waals surface area contributed by atoms with Crippen LogP contribution in [0, 0.1) is 101 Å². The van der Waals surface area contributed by atoms with E-state index in [1.54, 1.807) is 6.92 Å². The van der Waals surface area contributed by atoms with Crippen molar-refractivity contribution in [1.82, 2.24) is 9.80 Å². The van der Waals surface area contributed by atoms with Crippen LogP contribution in [-0.4, -0.2) is 129 Å². The first-order valence-electron chi connectivity index (χ1n) is 42.4. The molecule has 596 valence electrons. The van der Waals surface area contributed by atoms with Crippen molar-refractivity contribution in [2.45, 2.75) is 398 Å². The molecule has 0 aromatic carbocycles. The van der Waals surface area contributed by atoms with Gasteiger partial charge in [0.1, 0.15) is 11.6 Å². The lowest BCUT2D eigenvalue weighted by atomic mass is 9.63. The van der Waals surface area contributed by atoms with Gasteiger partial charge in [0.2, 0.25) is 12.3 Å². The number of rotatable bonds is 47. The van der Waals surface area contributed by atoms with Gasteiger partial charge in [0, 0.05) is 87.9 Å². The van der Waals surface area contributed by atoms with Gasteiger partial charge in [0.25, 0.3) is 0 Å². The van der Waals surface area contributed by atoms with Gasteiger partial charge in [0.05, 0.1) is 31.5 Å². The van der Waals surface area contributed by atoms with Gasteiger partial charge in [-0.05, 0) is 201 Å². The highest BCUT2D eigenvalue weighted by Crippen LogP contribution is 2.44. The highest BCUT2D eigenvalue weighted by atomic mass is 16.7. The highest BCUT2D eigenvalue weighted by Gasteiger charge is 2.42. The van der Waals surface area contributed by atoms with Crippen molar-refractivity contribution in [2.24, 2.45) is 101 Å². The Bertz CT molecular complexity index is 1950. The van der Waals surface area contributed by atoms with E-state index >= 15 is 0 Å². The van der Waals surface area contributed by atoms with E-state index in [4.69, 9.17) is 37.9 Å². The Labute approximate surface area is 621 Å². The van der Waals surface area contributed by atoms with Gasteiger partial charge in [-0.25, -0.2) is 0 Å². The maximum absolute atomic E-state index is 13.0. The molecule has 100 heavy (non-hydrogen) atoms. The number of ether oxygens (including phenoxy) is 8. The average molecular weight is 1420 g/mol. The number of carbonyl (C=O) groups excluding carboxylic acids is 3. The van der Waals surface area contributed by atoms with Crippen LogP contribution in [0.2, 0.25) is 0 Å². The quantitative estimate of drug-likeness (QED) is 0.0424. The number of unbranched alkanes of at least 4 members (excludes halogenated alkanes) is 4. The second-order valence-corrected chi connectivity index (χ2v) is 33.5. The highest BCUT2D eigenvalue weighted by molar-refractivity contribution is 5.80. The first-order valence-corrected chi connectivity index (χ1v) is 42.4. The number of ketones is 2. The molecule has 3 rings (SSSR count). The minimum Gasteiger partial charge on any atom is -0.352 e. The summed E-state index contributed by atoms with van der Waals surface area (Å²) in [6, 6.07) is 0.609. The average Bonchev–Trinajstić information content (AvgIpc) is 0.839. The van der Waals surface area contributed by atoms with Crippen LogP contribution in [0.25, 0.3) is 0 Å². The summed E-state index contributed by atoms with van der Waals surface area (Å²) in [4.78, 5) is 40.3. The third-order valence-electron chi connectivity index (χ3n) is 23.6. The lowest BCUT2D eigenvalue weighted by molar-refractivity contribution is -0.248. The summed E-state index contributed by atoms with van der Waals surface area (Å²) in [7, 11) is 0. The number of hydrogen-bond acceptors (Lipinski definition) is 12. The number of carbonyl (C=O) groups is 3. The lowest BCUT2D eigenvalue weighted by Gasteiger charge is -2.43. The number of nitrogens with zero attached hydrogens (tertiary/aromatic N) is 2. The summed E-state index contributed by atoms with van der Waals surface area (Å²) in [5.74, 6) is 11.9. The molecule has 0 N–H and O–H groups in total. The van der Waals surface area contributed by atoms with Crippen molar-refractivity contribution in [3.8, 4) is 0 Å². The fourth-order valence-electron chi connectivity index (χ4n) is 16.8. The van der Waals surface area contributed by atoms with Crippen molar-refractivity contribution in [2.75, 3.05) is 46.1 Å². The molecule has 3 heterocycles. The summed E-state index contributed by atoms with van der Waals surface area (Å²) in [5.41, 5.74) is 0. The van der Waals surface area contributed by atoms with Crippen molar-refractivity contribution >= 4 is 17.5 Å². The molecule has 0 aromatic heterocycles. The summed E-state index contributed by atoms with van der Waals surface area (Å²) in [5, 5.41) is 0. The molecule has 16 atom stereocenters. The SMILES string of the molecule is CCC1OC(OCCCCC(C)=O)C(C)C(C)C1C.CCCC(CCC)C(=O)CCCCOC1OC(CC)C(C)C(C)C1C.CCCCC(C(C(C)C)C(C)C)C(C(C)C)C(C)C.CCCOC(OCCN(CCC)C(=O)CCCCOC1OC(CC)C(C)C(C)C1C)N(C(C)C)C(C)C.